The maximum atomic E-state index is 11.1. The molecule has 0 amide bonds. The number of nitro groups is 1. The van der Waals surface area contributed by atoms with Gasteiger partial charge < -0.3 is 10.8 Å². The molecule has 17 heavy (non-hydrogen) atoms. The van der Waals surface area contributed by atoms with Gasteiger partial charge in [-0.25, -0.2) is 0 Å². The van der Waals surface area contributed by atoms with Crippen molar-refractivity contribution in [1.82, 2.24) is 0 Å². The molecule has 0 spiro atoms. The van der Waals surface area contributed by atoms with Crippen molar-refractivity contribution in [2.45, 2.75) is 6.04 Å². The molecule has 0 aromatic heterocycles. The van der Waals surface area contributed by atoms with E-state index < -0.39 is 11.0 Å². The Hall–Kier alpha value is -1.98. The number of aliphatic hydroxyl groups is 1. The van der Waals surface area contributed by atoms with Crippen molar-refractivity contribution < 1.29 is 10.0 Å². The third-order valence-electron chi connectivity index (χ3n) is 2.71. The van der Waals surface area contributed by atoms with Gasteiger partial charge in [0.1, 0.15) is 0 Å². The van der Waals surface area contributed by atoms with Crippen LogP contribution in [0, 0.1) is 10.1 Å². The zero-order valence-electron chi connectivity index (χ0n) is 9.04. The number of rotatable bonds is 3. The van der Waals surface area contributed by atoms with Crippen molar-refractivity contribution >= 4 is 16.5 Å². The lowest BCUT2D eigenvalue weighted by Crippen LogP contribution is -2.16. The van der Waals surface area contributed by atoms with Crippen LogP contribution in [0.5, 0.6) is 0 Å². The molecule has 0 bridgehead atoms. The molecular formula is C12H12N2O3. The van der Waals surface area contributed by atoms with Crippen molar-refractivity contribution in [3.8, 4) is 0 Å². The predicted molar refractivity (Wildman–Crippen MR) is 64.6 cm³/mol. The van der Waals surface area contributed by atoms with Crippen LogP contribution in [0.4, 0.5) is 5.69 Å². The summed E-state index contributed by atoms with van der Waals surface area (Å²) in [5.41, 5.74) is 6.00. The molecule has 0 saturated heterocycles. The average Bonchev–Trinajstić information content (AvgIpc) is 2.36. The Bertz CT molecular complexity index is 569. The van der Waals surface area contributed by atoms with E-state index in [-0.39, 0.29) is 12.3 Å². The minimum atomic E-state index is -0.736. The van der Waals surface area contributed by atoms with Crippen molar-refractivity contribution in [1.29, 1.82) is 0 Å². The van der Waals surface area contributed by atoms with Crippen LogP contribution in [-0.2, 0) is 0 Å². The highest BCUT2D eigenvalue weighted by molar-refractivity contribution is 5.92. The van der Waals surface area contributed by atoms with E-state index in [1.165, 1.54) is 0 Å². The molecule has 0 aliphatic rings. The molecule has 2 aromatic rings. The molecule has 2 aromatic carbocycles. The Morgan fingerprint density at radius 2 is 2.00 bits per heavy atom. The summed E-state index contributed by atoms with van der Waals surface area (Å²) >= 11 is 0. The molecule has 5 nitrogen and oxygen atoms in total. The molecule has 3 N–H and O–H groups in total. The van der Waals surface area contributed by atoms with E-state index in [0.29, 0.717) is 10.9 Å². The molecule has 0 saturated carbocycles. The van der Waals surface area contributed by atoms with Crippen LogP contribution in [0.3, 0.4) is 0 Å². The van der Waals surface area contributed by atoms with Crippen LogP contribution in [0.15, 0.2) is 36.4 Å². The van der Waals surface area contributed by atoms with Crippen LogP contribution in [-0.4, -0.2) is 16.6 Å². The predicted octanol–water partition coefficient (Wildman–Crippen LogP) is 1.74. The molecule has 0 unspecified atom stereocenters. The zero-order valence-corrected chi connectivity index (χ0v) is 9.04. The van der Waals surface area contributed by atoms with E-state index in [4.69, 9.17) is 10.8 Å². The van der Waals surface area contributed by atoms with Gasteiger partial charge in [0.15, 0.2) is 0 Å². The number of hydrogen-bond donors (Lipinski definition) is 2. The molecule has 2 rings (SSSR count). The van der Waals surface area contributed by atoms with Crippen molar-refractivity contribution in [2.75, 3.05) is 6.61 Å². The fraction of sp³-hybridized carbons (Fsp3) is 0.167. The van der Waals surface area contributed by atoms with Crippen LogP contribution >= 0.6 is 0 Å². The quantitative estimate of drug-likeness (QED) is 0.623. The van der Waals surface area contributed by atoms with Crippen LogP contribution < -0.4 is 5.73 Å². The molecule has 0 fully saturated rings. The lowest BCUT2D eigenvalue weighted by molar-refractivity contribution is -0.383. The second-order valence-electron chi connectivity index (χ2n) is 3.77. The third kappa shape index (κ3) is 1.98. The van der Waals surface area contributed by atoms with Crippen LogP contribution in [0.1, 0.15) is 11.6 Å². The third-order valence-corrected chi connectivity index (χ3v) is 2.71. The Morgan fingerprint density at radius 1 is 1.29 bits per heavy atom. The van der Waals surface area contributed by atoms with E-state index in [1.807, 2.05) is 6.07 Å². The molecule has 0 heterocycles. The van der Waals surface area contributed by atoms with Gasteiger partial charge in [0.25, 0.3) is 5.69 Å². The highest BCUT2D eigenvalue weighted by Crippen LogP contribution is 2.32. The Labute approximate surface area is 97.6 Å². The Morgan fingerprint density at radius 3 is 2.65 bits per heavy atom. The number of nitrogens with zero attached hydrogens (tertiary/aromatic N) is 1. The van der Waals surface area contributed by atoms with Crippen molar-refractivity contribution in [3.63, 3.8) is 0 Å². The molecule has 88 valence electrons. The lowest BCUT2D eigenvalue weighted by Gasteiger charge is -2.10. The number of fused-ring (bicyclic) bond motifs is 1. The van der Waals surface area contributed by atoms with Crippen LogP contribution in [0.2, 0.25) is 0 Å². The highest BCUT2D eigenvalue weighted by atomic mass is 16.6. The minimum absolute atomic E-state index is 0.0235. The Kier molecular flexibility index (Phi) is 3.03. The Balaban J connectivity index is 2.77. The summed E-state index contributed by atoms with van der Waals surface area (Å²) in [6.45, 7) is -0.320. The largest absolute Gasteiger partial charge is 0.394 e. The number of aliphatic hydroxyl groups excluding tert-OH is 1. The monoisotopic (exact) mass is 232 g/mol. The number of nitrogens with two attached hydrogens (primary N) is 1. The SMILES string of the molecule is N[C@@H](CO)c1ccc2ccccc2c1[N+](=O)[O-]. The van der Waals surface area contributed by atoms with Gasteiger partial charge in [0, 0.05) is 5.56 Å². The molecular weight excluding hydrogens is 220 g/mol. The number of benzene rings is 2. The van der Waals surface area contributed by atoms with Crippen LogP contribution in [0.25, 0.3) is 10.8 Å². The molecule has 1 atom stereocenters. The molecule has 0 radical (unpaired) electrons. The van der Waals surface area contributed by atoms with E-state index >= 15 is 0 Å². The van der Waals surface area contributed by atoms with E-state index in [1.54, 1.807) is 30.3 Å². The molecule has 0 aliphatic heterocycles. The average molecular weight is 232 g/mol. The maximum absolute atomic E-state index is 11.1. The second-order valence-corrected chi connectivity index (χ2v) is 3.77. The van der Waals surface area contributed by atoms with Gasteiger partial charge in [-0.2, -0.15) is 0 Å². The van der Waals surface area contributed by atoms with E-state index in [2.05, 4.69) is 0 Å². The van der Waals surface area contributed by atoms with Gasteiger partial charge in [0.2, 0.25) is 0 Å². The first-order valence-corrected chi connectivity index (χ1v) is 5.17. The molecule has 0 aliphatic carbocycles. The van der Waals surface area contributed by atoms with Crippen molar-refractivity contribution in [2.24, 2.45) is 5.73 Å². The standard InChI is InChI=1S/C12H12N2O3/c13-11(7-15)10-6-5-8-3-1-2-4-9(8)12(10)14(16)17/h1-6,11,15H,7,13H2/t11-/m0/s1. The van der Waals surface area contributed by atoms with Gasteiger partial charge in [-0.3, -0.25) is 10.1 Å². The maximum Gasteiger partial charge on any atom is 0.282 e. The van der Waals surface area contributed by atoms with Crippen molar-refractivity contribution in [3.05, 3.63) is 52.1 Å². The highest BCUT2D eigenvalue weighted by Gasteiger charge is 2.21. The first-order chi connectivity index (χ1) is 8.15. The van der Waals surface area contributed by atoms with Gasteiger partial charge >= 0.3 is 0 Å². The van der Waals surface area contributed by atoms with Gasteiger partial charge in [-0.15, -0.1) is 0 Å². The lowest BCUT2D eigenvalue weighted by atomic mass is 10.00. The summed E-state index contributed by atoms with van der Waals surface area (Å²) in [5.74, 6) is 0. The topological polar surface area (TPSA) is 89.4 Å². The summed E-state index contributed by atoms with van der Waals surface area (Å²) < 4.78 is 0. The fourth-order valence-corrected chi connectivity index (χ4v) is 1.87. The minimum Gasteiger partial charge on any atom is -0.394 e. The summed E-state index contributed by atoms with van der Waals surface area (Å²) in [4.78, 5) is 10.7. The first-order valence-electron chi connectivity index (χ1n) is 5.17. The smallest absolute Gasteiger partial charge is 0.282 e. The molecule has 5 heteroatoms. The van der Waals surface area contributed by atoms with Gasteiger partial charge in [0.05, 0.1) is 23.0 Å². The number of hydrogen-bond acceptors (Lipinski definition) is 4. The summed E-state index contributed by atoms with van der Waals surface area (Å²) in [5, 5.41) is 21.5. The normalized spacial score (nSPS) is 12.6. The second kappa shape index (κ2) is 4.48. The summed E-state index contributed by atoms with van der Waals surface area (Å²) in [6.07, 6.45) is 0. The number of nitro benzene ring substituents is 1. The van der Waals surface area contributed by atoms with Gasteiger partial charge in [-0.05, 0) is 17.5 Å². The van der Waals surface area contributed by atoms with E-state index in [9.17, 15) is 10.1 Å². The zero-order chi connectivity index (χ0) is 12.4. The van der Waals surface area contributed by atoms with E-state index in [0.717, 1.165) is 5.39 Å². The summed E-state index contributed by atoms with van der Waals surface area (Å²) in [7, 11) is 0. The first kappa shape index (κ1) is 11.5. The summed E-state index contributed by atoms with van der Waals surface area (Å²) in [6, 6.07) is 9.67. The van der Waals surface area contributed by atoms with Gasteiger partial charge in [-0.1, -0.05) is 24.3 Å². The fourth-order valence-electron chi connectivity index (χ4n) is 1.87.